The van der Waals surface area contributed by atoms with Crippen molar-refractivity contribution in [1.29, 1.82) is 0 Å². The Morgan fingerprint density at radius 2 is 0.620 bits per heavy atom. The quantitative estimate of drug-likeness (QED) is 0.0223. The molecule has 24 nitrogen and oxygen atoms in total. The highest BCUT2D eigenvalue weighted by Crippen LogP contribution is 2.41. The maximum atomic E-state index is 13.7. The number of H-pyrrole nitrogens is 4. The maximum absolute atomic E-state index is 13.7. The van der Waals surface area contributed by atoms with E-state index >= 15 is 0 Å². The number of ether oxygens (including phenoxy) is 4. The summed E-state index contributed by atoms with van der Waals surface area (Å²) in [6.07, 6.45) is 13.9. The molecule has 4 fully saturated rings. The Bertz CT molecular complexity index is 3940. The first-order chi connectivity index (χ1) is 51.5. The van der Waals surface area contributed by atoms with Gasteiger partial charge in [0, 0.05) is 61.1 Å². The minimum absolute atomic E-state index is 0.00814. The van der Waals surface area contributed by atoms with Crippen LogP contribution in [0.4, 0.5) is 0 Å². The van der Waals surface area contributed by atoms with Gasteiger partial charge >= 0.3 is 23.9 Å². The number of hydrogen-bond donors (Lipinski definition) is 4. The third-order valence-corrected chi connectivity index (χ3v) is 21.8. The van der Waals surface area contributed by atoms with E-state index in [1.165, 1.54) is 39.6 Å². The zero-order chi connectivity index (χ0) is 78.2. The molecule has 4 saturated heterocycles. The summed E-state index contributed by atoms with van der Waals surface area (Å²) in [5, 5.41) is 0. The summed E-state index contributed by atoms with van der Waals surface area (Å²) >= 11 is 0. The van der Waals surface area contributed by atoms with Gasteiger partial charge in [-0.2, -0.15) is 0 Å². The highest BCUT2D eigenvalue weighted by molar-refractivity contribution is 5.87. The fourth-order valence-corrected chi connectivity index (χ4v) is 15.4. The molecule has 4 amide bonds. The van der Waals surface area contributed by atoms with Crippen LogP contribution in [0.3, 0.4) is 0 Å². The summed E-state index contributed by atoms with van der Waals surface area (Å²) in [4.78, 5) is 143. The van der Waals surface area contributed by atoms with E-state index in [1.807, 2.05) is 112 Å². The fourth-order valence-electron chi connectivity index (χ4n) is 15.4. The lowest BCUT2D eigenvalue weighted by Gasteiger charge is -2.29. The number of imidazole rings is 4. The molecule has 0 bridgehead atoms. The lowest BCUT2D eigenvalue weighted by Crippen LogP contribution is -2.39. The number of likely N-dealkylation sites (tertiary alicyclic amines) is 4. The molecule has 0 spiro atoms. The standard InChI is InChI=1S/C42H60N6O6.C42H52N6O6/c2*1-25(2)33(19-37(49)53-7)41(51)47-23-27(5)17-35(47)39-43-21-31(45-39)15-13-29-9-11-30(12-10-29)14-16-32-22-44-40(46-32)36-18-28(6)24-48(36)42(52)34(26(3)4)20-38(50)54-8/h9-12,21-22,25-28,33-36H,13-20,23-24H2,1-8H3,(H,43,45)(H,44,46);9-12,21-22,25-28,33-36H,17-20,23-24H2,1-8H3,(H,43,45)(H,44,46)/t2*27-,28-,33-,34-,35-,36-/m00/s1. The van der Waals surface area contributed by atoms with Crippen LogP contribution in [-0.4, -0.2) is 162 Å². The molecular formula is C84H112N12O12. The first-order valence-electron chi connectivity index (χ1n) is 38.4. The van der Waals surface area contributed by atoms with Crippen LogP contribution < -0.4 is 0 Å². The van der Waals surface area contributed by atoms with E-state index < -0.39 is 23.7 Å². The molecule has 6 aromatic rings. The van der Waals surface area contributed by atoms with Crippen LogP contribution in [0.15, 0.2) is 73.3 Å². The Kier molecular flexibility index (Phi) is 28.8. The Balaban J connectivity index is 0.000000249. The smallest absolute Gasteiger partial charge is 0.306 e. The van der Waals surface area contributed by atoms with E-state index in [1.54, 1.807) is 12.4 Å². The van der Waals surface area contributed by atoms with Gasteiger partial charge in [-0.25, -0.2) is 19.9 Å². The second-order valence-corrected chi connectivity index (χ2v) is 31.8. The molecule has 24 heteroatoms. The number of carbonyl (C=O) groups is 8. The number of aromatic nitrogens is 8. The van der Waals surface area contributed by atoms with Crippen LogP contribution in [0.1, 0.15) is 227 Å². The molecule has 4 aromatic heterocycles. The average molecular weight is 1480 g/mol. The minimum atomic E-state index is -0.461. The van der Waals surface area contributed by atoms with Crippen molar-refractivity contribution >= 4 is 47.5 Å². The van der Waals surface area contributed by atoms with Crippen molar-refractivity contribution in [3.63, 3.8) is 0 Å². The first kappa shape index (κ1) is 82.2. The molecule has 4 aliphatic heterocycles. The van der Waals surface area contributed by atoms with Crippen LogP contribution in [0.5, 0.6) is 0 Å². The number of aromatic amines is 4. The van der Waals surface area contributed by atoms with E-state index in [4.69, 9.17) is 28.9 Å². The predicted molar refractivity (Wildman–Crippen MR) is 407 cm³/mol. The number of benzene rings is 2. The number of hydrogen-bond acceptors (Lipinski definition) is 16. The van der Waals surface area contributed by atoms with Crippen LogP contribution >= 0.6 is 0 Å². The van der Waals surface area contributed by atoms with Gasteiger partial charge in [0.15, 0.2) is 0 Å². The monoisotopic (exact) mass is 1480 g/mol. The summed E-state index contributed by atoms with van der Waals surface area (Å²) in [5.74, 6) is 13.5. The fraction of sp³-hybridized carbons (Fsp3) is 0.571. The Hall–Kier alpha value is -9.84. The number of aryl methyl sites for hydroxylation is 4. The van der Waals surface area contributed by atoms with E-state index in [2.05, 4.69) is 106 Å². The normalized spacial score (nSPS) is 20.9. The highest BCUT2D eigenvalue weighted by Gasteiger charge is 2.45. The van der Waals surface area contributed by atoms with Gasteiger partial charge in [-0.1, -0.05) is 119 Å². The lowest BCUT2D eigenvalue weighted by atomic mass is 9.90. The second-order valence-electron chi connectivity index (χ2n) is 31.8. The summed E-state index contributed by atoms with van der Waals surface area (Å²) in [6, 6.07) is 15.6. The number of methoxy groups -OCH3 is 4. The Morgan fingerprint density at radius 3 is 0.870 bits per heavy atom. The maximum Gasteiger partial charge on any atom is 0.306 e. The highest BCUT2D eigenvalue weighted by atomic mass is 16.5. The van der Waals surface area contributed by atoms with Crippen molar-refractivity contribution in [2.75, 3.05) is 54.6 Å². The second kappa shape index (κ2) is 37.8. The summed E-state index contributed by atoms with van der Waals surface area (Å²) in [5.41, 5.74) is 7.44. The van der Waals surface area contributed by atoms with E-state index in [0.29, 0.717) is 72.9 Å². The molecule has 12 atom stereocenters. The van der Waals surface area contributed by atoms with Gasteiger partial charge < -0.3 is 58.5 Å². The van der Waals surface area contributed by atoms with Crippen molar-refractivity contribution in [2.24, 2.45) is 71.0 Å². The number of carbonyl (C=O) groups excluding carboxylic acids is 8. The molecular weight excluding hydrogens is 1370 g/mol. The third kappa shape index (κ3) is 21.3. The Morgan fingerprint density at radius 1 is 0.370 bits per heavy atom. The van der Waals surface area contributed by atoms with Crippen LogP contribution in [0, 0.1) is 94.7 Å². The molecule has 580 valence electrons. The number of nitrogens with one attached hydrogen (secondary N) is 4. The molecule has 0 aliphatic carbocycles. The molecule has 8 heterocycles. The number of esters is 4. The molecule has 4 N–H and O–H groups in total. The van der Waals surface area contributed by atoms with Crippen molar-refractivity contribution < 1.29 is 57.3 Å². The summed E-state index contributed by atoms with van der Waals surface area (Å²) in [7, 11) is 5.41. The number of nitrogens with zero attached hydrogens (tertiary/aromatic N) is 8. The van der Waals surface area contributed by atoms with Crippen LogP contribution in [-0.2, 0) is 83.0 Å². The molecule has 4 aliphatic rings. The van der Waals surface area contributed by atoms with Crippen molar-refractivity contribution in [3.05, 3.63) is 142 Å². The topological polar surface area (TPSA) is 301 Å². The predicted octanol–water partition coefficient (Wildman–Crippen LogP) is 11.6. The SMILES string of the molecule is COC(=O)C[C@H](C(=O)N1C[C@@H](C)C[C@H]1c1ncc(C#Cc2ccc(C#Cc3cnc([C@@H]4C[C@H](C)CN4C(=O)[C@@H](CC(=O)OC)C(C)C)[nH]3)cc2)[nH]1)C(C)C.COC(=O)C[C@H](C(=O)N1C[C@@H](C)C[C@H]1c1ncc(CCc2ccc(CCc3cnc([C@@H]4C[C@H](C)CN4C(=O)[C@@H](CC(=O)OC)C(C)C)[nH]3)cc2)[nH]1)C(C)C. The van der Waals surface area contributed by atoms with Gasteiger partial charge in [0.05, 0.1) is 114 Å². The minimum Gasteiger partial charge on any atom is -0.469 e. The van der Waals surface area contributed by atoms with Crippen LogP contribution in [0.25, 0.3) is 0 Å². The summed E-state index contributed by atoms with van der Waals surface area (Å²) in [6.45, 7) is 26.7. The van der Waals surface area contributed by atoms with Crippen molar-refractivity contribution in [1.82, 2.24) is 59.5 Å². The lowest BCUT2D eigenvalue weighted by molar-refractivity contribution is -0.148. The van der Waals surface area contributed by atoms with E-state index in [-0.39, 0.29) is 121 Å². The Labute approximate surface area is 636 Å². The van der Waals surface area contributed by atoms with Gasteiger partial charge in [-0.3, -0.25) is 38.4 Å². The molecule has 108 heavy (non-hydrogen) atoms. The van der Waals surface area contributed by atoms with Crippen molar-refractivity contribution in [3.8, 4) is 23.7 Å². The molecule has 0 saturated carbocycles. The number of rotatable bonds is 26. The van der Waals surface area contributed by atoms with Gasteiger partial charge in [0.1, 0.15) is 34.7 Å². The largest absolute Gasteiger partial charge is 0.469 e. The molecule has 2 aromatic carbocycles. The van der Waals surface area contributed by atoms with Gasteiger partial charge in [-0.15, -0.1) is 0 Å². The third-order valence-electron chi connectivity index (χ3n) is 21.8. The van der Waals surface area contributed by atoms with Gasteiger partial charge in [0.25, 0.3) is 0 Å². The van der Waals surface area contributed by atoms with Crippen molar-refractivity contribution in [2.45, 2.75) is 184 Å². The molecule has 10 rings (SSSR count). The van der Waals surface area contributed by atoms with E-state index in [9.17, 15) is 38.4 Å². The number of amides is 4. The first-order valence-corrected chi connectivity index (χ1v) is 38.4. The molecule has 0 unspecified atom stereocenters. The van der Waals surface area contributed by atoms with Crippen LogP contribution in [0.2, 0.25) is 0 Å². The molecule has 0 radical (unpaired) electrons. The average Bonchev–Trinajstić information content (AvgIpc) is 1.67. The zero-order valence-corrected chi connectivity index (χ0v) is 66.0. The van der Waals surface area contributed by atoms with Gasteiger partial charge in [0.2, 0.25) is 23.6 Å². The summed E-state index contributed by atoms with van der Waals surface area (Å²) < 4.78 is 19.5. The zero-order valence-electron chi connectivity index (χ0n) is 66.0. The van der Waals surface area contributed by atoms with Gasteiger partial charge in [-0.05, 0) is 146 Å². The van der Waals surface area contributed by atoms with E-state index in [0.717, 1.165) is 85.5 Å².